The summed E-state index contributed by atoms with van der Waals surface area (Å²) in [7, 11) is 0. The number of para-hydroxylation sites is 1. The van der Waals surface area contributed by atoms with Crippen LogP contribution < -0.4 is 9.64 Å². The van der Waals surface area contributed by atoms with Crippen LogP contribution in [0.5, 0.6) is 5.75 Å². The molecule has 1 saturated heterocycles. The number of piperazine rings is 1. The van der Waals surface area contributed by atoms with Gasteiger partial charge in [-0.2, -0.15) is 0 Å². The van der Waals surface area contributed by atoms with Crippen molar-refractivity contribution in [2.24, 2.45) is 0 Å². The van der Waals surface area contributed by atoms with Crippen LogP contribution in [0.2, 0.25) is 0 Å². The molecular formula is C24H23FN2O2. The minimum atomic E-state index is -0.270. The van der Waals surface area contributed by atoms with Crippen LogP contribution in [0.1, 0.15) is 15.9 Å². The maximum Gasteiger partial charge on any atom is 0.254 e. The van der Waals surface area contributed by atoms with Crippen LogP contribution in [0.4, 0.5) is 10.1 Å². The quantitative estimate of drug-likeness (QED) is 0.649. The summed E-state index contributed by atoms with van der Waals surface area (Å²) in [6.07, 6.45) is 0. The Kier molecular flexibility index (Phi) is 5.75. The Balaban J connectivity index is 1.35. The Labute approximate surface area is 170 Å². The average Bonchev–Trinajstić information content (AvgIpc) is 2.79. The molecule has 0 N–H and O–H groups in total. The summed E-state index contributed by atoms with van der Waals surface area (Å²) in [5.74, 6) is 0.377. The zero-order valence-corrected chi connectivity index (χ0v) is 16.1. The second kappa shape index (κ2) is 8.78. The number of hydrogen-bond donors (Lipinski definition) is 0. The SMILES string of the molecule is O=C(c1cccc(OCc2ccc(F)cc2)c1)N1CCN(c2ccccc2)CC1. The van der Waals surface area contributed by atoms with E-state index in [1.165, 1.54) is 17.8 Å². The molecule has 0 unspecified atom stereocenters. The zero-order chi connectivity index (χ0) is 20.1. The Morgan fingerprint density at radius 3 is 2.31 bits per heavy atom. The van der Waals surface area contributed by atoms with E-state index in [-0.39, 0.29) is 11.7 Å². The van der Waals surface area contributed by atoms with E-state index in [4.69, 9.17) is 4.74 Å². The number of ether oxygens (including phenoxy) is 1. The number of carbonyl (C=O) groups is 1. The minimum Gasteiger partial charge on any atom is -0.489 e. The Morgan fingerprint density at radius 1 is 0.862 bits per heavy atom. The second-order valence-corrected chi connectivity index (χ2v) is 7.06. The summed E-state index contributed by atoms with van der Waals surface area (Å²) in [5, 5.41) is 0. The molecular weight excluding hydrogens is 367 g/mol. The minimum absolute atomic E-state index is 0.0185. The van der Waals surface area contributed by atoms with Gasteiger partial charge in [0.15, 0.2) is 0 Å². The topological polar surface area (TPSA) is 32.8 Å². The molecule has 3 aromatic carbocycles. The molecule has 3 aromatic rings. The first-order chi connectivity index (χ1) is 14.2. The Hall–Kier alpha value is -3.34. The first-order valence-corrected chi connectivity index (χ1v) is 9.76. The lowest BCUT2D eigenvalue weighted by atomic mass is 10.1. The lowest BCUT2D eigenvalue weighted by Gasteiger charge is -2.36. The van der Waals surface area contributed by atoms with Crippen LogP contribution in [-0.2, 0) is 6.61 Å². The third-order valence-corrected chi connectivity index (χ3v) is 5.09. The van der Waals surface area contributed by atoms with Gasteiger partial charge in [-0.15, -0.1) is 0 Å². The summed E-state index contributed by atoms with van der Waals surface area (Å²) in [6.45, 7) is 3.34. The van der Waals surface area contributed by atoms with Crippen molar-refractivity contribution in [1.29, 1.82) is 0 Å². The molecule has 4 nitrogen and oxygen atoms in total. The van der Waals surface area contributed by atoms with Crippen LogP contribution in [0.3, 0.4) is 0 Å². The molecule has 0 aliphatic carbocycles. The smallest absolute Gasteiger partial charge is 0.254 e. The molecule has 0 bridgehead atoms. The Morgan fingerprint density at radius 2 is 1.59 bits per heavy atom. The number of nitrogens with zero attached hydrogens (tertiary/aromatic N) is 2. The molecule has 148 valence electrons. The van der Waals surface area contributed by atoms with Gasteiger partial charge in [0, 0.05) is 37.4 Å². The summed E-state index contributed by atoms with van der Waals surface area (Å²) >= 11 is 0. The standard InChI is InChI=1S/C24H23FN2O2/c25-21-11-9-19(10-12-21)18-29-23-8-4-5-20(17-23)24(28)27-15-13-26(14-16-27)22-6-2-1-3-7-22/h1-12,17H,13-16,18H2. The van der Waals surface area contributed by atoms with E-state index in [1.807, 2.05) is 41.3 Å². The highest BCUT2D eigenvalue weighted by Crippen LogP contribution is 2.20. The van der Waals surface area contributed by atoms with Crippen molar-refractivity contribution in [3.8, 4) is 5.75 Å². The number of amides is 1. The van der Waals surface area contributed by atoms with Gasteiger partial charge in [0.25, 0.3) is 5.91 Å². The summed E-state index contributed by atoms with van der Waals surface area (Å²) in [5.41, 5.74) is 2.69. The molecule has 29 heavy (non-hydrogen) atoms. The lowest BCUT2D eigenvalue weighted by molar-refractivity contribution is 0.0746. The van der Waals surface area contributed by atoms with Crippen LogP contribution in [-0.4, -0.2) is 37.0 Å². The van der Waals surface area contributed by atoms with E-state index in [1.54, 1.807) is 18.2 Å². The first kappa shape index (κ1) is 19.0. The number of anilines is 1. The van der Waals surface area contributed by atoms with Gasteiger partial charge in [-0.1, -0.05) is 36.4 Å². The van der Waals surface area contributed by atoms with Crippen molar-refractivity contribution in [1.82, 2.24) is 4.90 Å². The van der Waals surface area contributed by atoms with Gasteiger partial charge in [-0.3, -0.25) is 4.79 Å². The average molecular weight is 390 g/mol. The summed E-state index contributed by atoms with van der Waals surface area (Å²) < 4.78 is 18.8. The van der Waals surface area contributed by atoms with Crippen LogP contribution in [0.25, 0.3) is 0 Å². The van der Waals surface area contributed by atoms with Crippen LogP contribution in [0.15, 0.2) is 78.9 Å². The van der Waals surface area contributed by atoms with Crippen molar-refractivity contribution in [3.63, 3.8) is 0 Å². The molecule has 0 aromatic heterocycles. The van der Waals surface area contributed by atoms with Gasteiger partial charge in [0.1, 0.15) is 18.2 Å². The van der Waals surface area contributed by atoms with Gasteiger partial charge in [0.2, 0.25) is 0 Å². The molecule has 0 radical (unpaired) electrons. The fourth-order valence-corrected chi connectivity index (χ4v) is 3.46. The maximum atomic E-state index is 13.0. The van der Waals surface area contributed by atoms with E-state index in [9.17, 15) is 9.18 Å². The monoisotopic (exact) mass is 390 g/mol. The molecule has 1 aliphatic heterocycles. The molecule has 4 rings (SSSR count). The second-order valence-electron chi connectivity index (χ2n) is 7.06. The molecule has 0 atom stereocenters. The summed E-state index contributed by atoms with van der Waals surface area (Å²) in [4.78, 5) is 17.1. The maximum absolute atomic E-state index is 13.0. The van der Waals surface area contributed by atoms with E-state index in [0.29, 0.717) is 31.0 Å². The van der Waals surface area contributed by atoms with Crippen molar-refractivity contribution >= 4 is 11.6 Å². The number of hydrogen-bond acceptors (Lipinski definition) is 3. The lowest BCUT2D eigenvalue weighted by Crippen LogP contribution is -2.48. The highest BCUT2D eigenvalue weighted by molar-refractivity contribution is 5.94. The number of rotatable bonds is 5. The highest BCUT2D eigenvalue weighted by atomic mass is 19.1. The third kappa shape index (κ3) is 4.74. The van der Waals surface area contributed by atoms with E-state index in [2.05, 4.69) is 17.0 Å². The van der Waals surface area contributed by atoms with Gasteiger partial charge in [-0.05, 0) is 48.0 Å². The number of halogens is 1. The Bertz CT molecular complexity index is 952. The van der Waals surface area contributed by atoms with Gasteiger partial charge < -0.3 is 14.5 Å². The molecule has 1 amide bonds. The first-order valence-electron chi connectivity index (χ1n) is 9.76. The molecule has 5 heteroatoms. The molecule has 1 aliphatic rings. The van der Waals surface area contributed by atoms with Crippen molar-refractivity contribution in [2.75, 3.05) is 31.1 Å². The van der Waals surface area contributed by atoms with Gasteiger partial charge >= 0.3 is 0 Å². The summed E-state index contributed by atoms with van der Waals surface area (Å²) in [6, 6.07) is 23.7. The molecule has 1 fully saturated rings. The fourth-order valence-electron chi connectivity index (χ4n) is 3.46. The predicted molar refractivity (Wildman–Crippen MR) is 112 cm³/mol. The van der Waals surface area contributed by atoms with Crippen LogP contribution in [0, 0.1) is 5.82 Å². The third-order valence-electron chi connectivity index (χ3n) is 5.09. The molecule has 0 spiro atoms. The van der Waals surface area contributed by atoms with Crippen molar-refractivity contribution < 1.29 is 13.9 Å². The van der Waals surface area contributed by atoms with Gasteiger partial charge in [-0.25, -0.2) is 4.39 Å². The molecule has 1 heterocycles. The highest BCUT2D eigenvalue weighted by Gasteiger charge is 2.22. The fraction of sp³-hybridized carbons (Fsp3) is 0.208. The van der Waals surface area contributed by atoms with E-state index in [0.717, 1.165) is 18.7 Å². The number of benzene rings is 3. The van der Waals surface area contributed by atoms with Crippen molar-refractivity contribution in [2.45, 2.75) is 6.61 Å². The normalized spacial score (nSPS) is 14.0. The largest absolute Gasteiger partial charge is 0.489 e. The van der Waals surface area contributed by atoms with E-state index >= 15 is 0 Å². The predicted octanol–water partition coefficient (Wildman–Crippen LogP) is 4.37. The number of carbonyl (C=O) groups excluding carboxylic acids is 1. The van der Waals surface area contributed by atoms with Gasteiger partial charge in [0.05, 0.1) is 0 Å². The molecule has 0 saturated carbocycles. The van der Waals surface area contributed by atoms with Crippen LogP contribution >= 0.6 is 0 Å². The zero-order valence-electron chi connectivity index (χ0n) is 16.1. The van der Waals surface area contributed by atoms with Crippen molar-refractivity contribution in [3.05, 3.63) is 95.8 Å². The van der Waals surface area contributed by atoms with E-state index < -0.39 is 0 Å².